The maximum Gasteiger partial charge on any atom is 0.329 e. The summed E-state index contributed by atoms with van der Waals surface area (Å²) in [7, 11) is 0. The molecule has 2 atom stereocenters. The number of anilines is 1. The first kappa shape index (κ1) is 19.8. The topological polar surface area (TPSA) is 96.5 Å². The Balaban J connectivity index is 1.80. The van der Waals surface area contributed by atoms with Crippen LogP contribution in [0.15, 0.2) is 30.3 Å². The number of rotatable bonds is 8. The fourth-order valence-corrected chi connectivity index (χ4v) is 2.56. The van der Waals surface area contributed by atoms with E-state index in [2.05, 4.69) is 16.0 Å². The van der Waals surface area contributed by atoms with Crippen molar-refractivity contribution in [3.8, 4) is 0 Å². The van der Waals surface area contributed by atoms with Gasteiger partial charge >= 0.3 is 12.0 Å². The van der Waals surface area contributed by atoms with Gasteiger partial charge in [0, 0.05) is 11.7 Å². The highest BCUT2D eigenvalue weighted by Crippen LogP contribution is 2.32. The van der Waals surface area contributed by atoms with Crippen molar-refractivity contribution in [2.24, 2.45) is 11.8 Å². The molecule has 0 saturated heterocycles. The molecule has 3 N–H and O–H groups in total. The summed E-state index contributed by atoms with van der Waals surface area (Å²) in [6.07, 6.45) is 2.24. The highest BCUT2D eigenvalue weighted by atomic mass is 16.5. The molecule has 0 radical (unpaired) electrons. The normalized spacial score (nSPS) is 15.7. The molecule has 1 aromatic rings. The number of hydrogen-bond donors (Lipinski definition) is 3. The molecule has 1 aliphatic carbocycles. The number of para-hydroxylation sites is 1. The van der Waals surface area contributed by atoms with Gasteiger partial charge in [0.2, 0.25) is 0 Å². The lowest BCUT2D eigenvalue weighted by atomic mass is 10.1. The van der Waals surface area contributed by atoms with Gasteiger partial charge in [-0.1, -0.05) is 32.0 Å². The summed E-state index contributed by atoms with van der Waals surface area (Å²) in [5, 5.41) is 8.08. The molecule has 7 nitrogen and oxygen atoms in total. The summed E-state index contributed by atoms with van der Waals surface area (Å²) in [5.41, 5.74) is 0.620. The van der Waals surface area contributed by atoms with Crippen LogP contribution in [0.5, 0.6) is 0 Å². The second-order valence-electron chi connectivity index (χ2n) is 6.99. The highest BCUT2D eigenvalue weighted by Gasteiger charge is 2.30. The van der Waals surface area contributed by atoms with Crippen molar-refractivity contribution in [2.45, 2.75) is 45.7 Å². The molecule has 0 heterocycles. The molecule has 0 aliphatic heterocycles. The minimum Gasteiger partial charge on any atom is -0.454 e. The molecular weight excluding hydrogens is 334 g/mol. The molecule has 0 bridgehead atoms. The first-order valence-electron chi connectivity index (χ1n) is 8.95. The Hall–Kier alpha value is -2.57. The number of carbonyl (C=O) groups excluding carboxylic acids is 3. The van der Waals surface area contributed by atoms with E-state index in [4.69, 9.17) is 4.74 Å². The van der Waals surface area contributed by atoms with Gasteiger partial charge in [-0.2, -0.15) is 0 Å². The lowest BCUT2D eigenvalue weighted by Gasteiger charge is -2.21. The van der Waals surface area contributed by atoms with E-state index >= 15 is 0 Å². The average Bonchev–Trinajstić information content (AvgIpc) is 3.43. The molecule has 2 rings (SSSR count). The van der Waals surface area contributed by atoms with Crippen LogP contribution in [-0.4, -0.2) is 36.6 Å². The minimum absolute atomic E-state index is 0.0943. The monoisotopic (exact) mass is 361 g/mol. The summed E-state index contributed by atoms with van der Waals surface area (Å²) in [4.78, 5) is 36.2. The third-order valence-electron chi connectivity index (χ3n) is 4.30. The van der Waals surface area contributed by atoms with Crippen LogP contribution in [0.25, 0.3) is 0 Å². The molecule has 0 unspecified atom stereocenters. The van der Waals surface area contributed by atoms with Crippen molar-refractivity contribution in [2.75, 3.05) is 11.9 Å². The summed E-state index contributed by atoms with van der Waals surface area (Å²) < 4.78 is 5.09. The van der Waals surface area contributed by atoms with Gasteiger partial charge in [-0.3, -0.25) is 4.79 Å². The number of urea groups is 1. The lowest BCUT2D eigenvalue weighted by molar-refractivity contribution is -0.151. The van der Waals surface area contributed by atoms with Crippen LogP contribution in [0.2, 0.25) is 0 Å². The Kier molecular flexibility index (Phi) is 7.00. The first-order chi connectivity index (χ1) is 12.4. The molecule has 0 aromatic heterocycles. The summed E-state index contributed by atoms with van der Waals surface area (Å²) >= 11 is 0. The number of carbonyl (C=O) groups is 3. The van der Waals surface area contributed by atoms with Crippen molar-refractivity contribution in [1.82, 2.24) is 10.6 Å². The van der Waals surface area contributed by atoms with Gasteiger partial charge in [0.05, 0.1) is 0 Å². The number of benzene rings is 1. The number of ether oxygens (including phenoxy) is 1. The zero-order valence-corrected chi connectivity index (χ0v) is 15.5. The zero-order valence-electron chi connectivity index (χ0n) is 15.5. The number of hydrogen-bond acceptors (Lipinski definition) is 4. The molecule has 3 amide bonds. The standard InChI is InChI=1S/C19H27N3O4/c1-12(2)17(22-19(25)21-15-7-5-4-6-8-15)18(24)26-11-16(23)20-13(3)14-9-10-14/h4-8,12-14,17H,9-11H2,1-3H3,(H,20,23)(H2,21,22,25)/t13-,17-/m1/s1. The van der Waals surface area contributed by atoms with Crippen molar-refractivity contribution >= 4 is 23.6 Å². The van der Waals surface area contributed by atoms with Crippen LogP contribution >= 0.6 is 0 Å². The van der Waals surface area contributed by atoms with Crippen LogP contribution < -0.4 is 16.0 Å². The molecule has 1 aliphatic rings. The summed E-state index contributed by atoms with van der Waals surface area (Å²) in [6, 6.07) is 7.67. The predicted molar refractivity (Wildman–Crippen MR) is 98.5 cm³/mol. The van der Waals surface area contributed by atoms with E-state index in [1.54, 1.807) is 38.1 Å². The van der Waals surface area contributed by atoms with Crippen molar-refractivity contribution in [3.05, 3.63) is 30.3 Å². The van der Waals surface area contributed by atoms with Crippen LogP contribution in [-0.2, 0) is 14.3 Å². The van der Waals surface area contributed by atoms with Gasteiger partial charge in [-0.25, -0.2) is 9.59 Å². The van der Waals surface area contributed by atoms with Gasteiger partial charge in [-0.15, -0.1) is 0 Å². The molecule has 1 fully saturated rings. The molecule has 1 aromatic carbocycles. The maximum absolute atomic E-state index is 12.3. The van der Waals surface area contributed by atoms with Crippen LogP contribution in [0, 0.1) is 11.8 Å². The van der Waals surface area contributed by atoms with E-state index in [9.17, 15) is 14.4 Å². The molecule has 1 saturated carbocycles. The summed E-state index contributed by atoms with van der Waals surface area (Å²) in [6.45, 7) is 5.19. The number of esters is 1. The lowest BCUT2D eigenvalue weighted by Crippen LogP contribution is -2.48. The van der Waals surface area contributed by atoms with E-state index in [-0.39, 0.29) is 24.5 Å². The molecule has 0 spiro atoms. The van der Waals surface area contributed by atoms with Crippen molar-refractivity contribution < 1.29 is 19.1 Å². The van der Waals surface area contributed by atoms with Crippen LogP contribution in [0.3, 0.4) is 0 Å². The van der Waals surface area contributed by atoms with Gasteiger partial charge in [0.15, 0.2) is 6.61 Å². The number of nitrogens with one attached hydrogen (secondary N) is 3. The average molecular weight is 361 g/mol. The molecule has 7 heteroatoms. The summed E-state index contributed by atoms with van der Waals surface area (Å²) in [5.74, 6) is -0.606. The first-order valence-corrected chi connectivity index (χ1v) is 8.95. The molecular formula is C19H27N3O4. The smallest absolute Gasteiger partial charge is 0.329 e. The quantitative estimate of drug-likeness (QED) is 0.619. The molecule has 142 valence electrons. The van der Waals surface area contributed by atoms with E-state index in [0.717, 1.165) is 12.8 Å². The van der Waals surface area contributed by atoms with Gasteiger partial charge in [0.1, 0.15) is 6.04 Å². The Labute approximate surface area is 153 Å². The Bertz CT molecular complexity index is 629. The second-order valence-corrected chi connectivity index (χ2v) is 6.99. The highest BCUT2D eigenvalue weighted by molar-refractivity contribution is 5.93. The van der Waals surface area contributed by atoms with Crippen molar-refractivity contribution in [1.29, 1.82) is 0 Å². The van der Waals surface area contributed by atoms with Crippen molar-refractivity contribution in [3.63, 3.8) is 0 Å². The van der Waals surface area contributed by atoms with Gasteiger partial charge in [-0.05, 0) is 43.7 Å². The predicted octanol–water partition coefficient (Wildman–Crippen LogP) is 2.29. The fraction of sp³-hybridized carbons (Fsp3) is 0.526. The van der Waals surface area contributed by atoms with E-state index < -0.39 is 18.0 Å². The van der Waals surface area contributed by atoms with Crippen LogP contribution in [0.4, 0.5) is 10.5 Å². The SMILES string of the molecule is CC(C)[C@@H](NC(=O)Nc1ccccc1)C(=O)OCC(=O)N[C@H](C)C1CC1. The van der Waals surface area contributed by atoms with E-state index in [1.807, 2.05) is 13.0 Å². The van der Waals surface area contributed by atoms with E-state index in [0.29, 0.717) is 11.6 Å². The molecule has 26 heavy (non-hydrogen) atoms. The maximum atomic E-state index is 12.3. The third-order valence-corrected chi connectivity index (χ3v) is 4.30. The Morgan fingerprint density at radius 2 is 1.73 bits per heavy atom. The fourth-order valence-electron chi connectivity index (χ4n) is 2.56. The Morgan fingerprint density at radius 3 is 2.31 bits per heavy atom. The van der Waals surface area contributed by atoms with Crippen LogP contribution in [0.1, 0.15) is 33.6 Å². The minimum atomic E-state index is -0.840. The third kappa shape index (κ3) is 6.38. The van der Waals surface area contributed by atoms with E-state index in [1.165, 1.54) is 0 Å². The Morgan fingerprint density at radius 1 is 1.08 bits per heavy atom. The van der Waals surface area contributed by atoms with Gasteiger partial charge < -0.3 is 20.7 Å². The zero-order chi connectivity index (χ0) is 19.1. The van der Waals surface area contributed by atoms with Gasteiger partial charge in [0.25, 0.3) is 5.91 Å². The largest absolute Gasteiger partial charge is 0.454 e. The second kappa shape index (κ2) is 9.22. The number of amides is 3.